The Balaban J connectivity index is 2.52. The first-order valence-corrected chi connectivity index (χ1v) is 6.74. The third-order valence-corrected chi connectivity index (χ3v) is 4.70. The van der Waals surface area contributed by atoms with Crippen molar-refractivity contribution in [2.75, 3.05) is 0 Å². The number of nitro groups is 1. The van der Waals surface area contributed by atoms with E-state index in [0.717, 1.165) is 37.1 Å². The monoisotopic (exact) mass is 272 g/mol. The van der Waals surface area contributed by atoms with Crippen molar-refractivity contribution < 1.29 is 4.92 Å². The molecule has 0 unspecified atom stereocenters. The zero-order chi connectivity index (χ0) is 13.7. The standard InChI is InChI=1S/C14H12N2O2S/c1-7-4-10(16(17)18)6-12-11-5-8(2)15-9(3)14(11)19-13(7)12/h4-6H,1-3H3. The predicted octanol–water partition coefficient (Wildman–Crippen LogP) is 4.28. The lowest BCUT2D eigenvalue weighted by molar-refractivity contribution is -0.384. The van der Waals surface area contributed by atoms with E-state index in [4.69, 9.17) is 0 Å². The van der Waals surface area contributed by atoms with Gasteiger partial charge in [0.2, 0.25) is 0 Å². The second-order valence-electron chi connectivity index (χ2n) is 4.72. The van der Waals surface area contributed by atoms with Crippen LogP contribution in [0.25, 0.3) is 20.2 Å². The van der Waals surface area contributed by atoms with Crippen LogP contribution in [0.5, 0.6) is 0 Å². The molecule has 2 aromatic heterocycles. The number of rotatable bonds is 1. The lowest BCUT2D eigenvalue weighted by Gasteiger charge is -1.99. The van der Waals surface area contributed by atoms with Gasteiger partial charge in [-0.25, -0.2) is 0 Å². The third-order valence-electron chi connectivity index (χ3n) is 3.24. The van der Waals surface area contributed by atoms with Gasteiger partial charge in [-0.2, -0.15) is 0 Å². The molecule has 0 aliphatic carbocycles. The number of aryl methyl sites for hydroxylation is 3. The average molecular weight is 272 g/mol. The first-order chi connectivity index (χ1) is 8.97. The van der Waals surface area contributed by atoms with Crippen molar-refractivity contribution in [2.45, 2.75) is 20.8 Å². The number of thiophene rings is 1. The van der Waals surface area contributed by atoms with Crippen LogP contribution in [0.1, 0.15) is 17.0 Å². The van der Waals surface area contributed by atoms with Crippen molar-refractivity contribution in [3.63, 3.8) is 0 Å². The minimum Gasteiger partial charge on any atom is -0.258 e. The molecular weight excluding hydrogens is 260 g/mol. The number of fused-ring (bicyclic) bond motifs is 3. The SMILES string of the molecule is Cc1cc2c(sc3c(C)cc([N+](=O)[O-])cc32)c(C)n1. The Morgan fingerprint density at radius 1 is 1.11 bits per heavy atom. The quantitative estimate of drug-likeness (QED) is 0.490. The number of nitro benzene ring substituents is 1. The van der Waals surface area contributed by atoms with Crippen LogP contribution < -0.4 is 0 Å². The summed E-state index contributed by atoms with van der Waals surface area (Å²) in [5.74, 6) is 0. The van der Waals surface area contributed by atoms with E-state index >= 15 is 0 Å². The molecule has 4 nitrogen and oxygen atoms in total. The van der Waals surface area contributed by atoms with Gasteiger partial charge in [0.1, 0.15) is 0 Å². The summed E-state index contributed by atoms with van der Waals surface area (Å²) in [7, 11) is 0. The fourth-order valence-corrected chi connectivity index (χ4v) is 3.62. The van der Waals surface area contributed by atoms with E-state index in [1.807, 2.05) is 26.8 Å². The van der Waals surface area contributed by atoms with Crippen molar-refractivity contribution in [1.29, 1.82) is 0 Å². The Bertz CT molecular complexity index is 836. The normalized spacial score (nSPS) is 11.3. The third kappa shape index (κ3) is 1.77. The van der Waals surface area contributed by atoms with Crippen molar-refractivity contribution >= 4 is 37.2 Å². The minimum absolute atomic E-state index is 0.150. The Morgan fingerprint density at radius 2 is 1.79 bits per heavy atom. The molecule has 0 amide bonds. The topological polar surface area (TPSA) is 56.0 Å². The molecule has 0 saturated heterocycles. The summed E-state index contributed by atoms with van der Waals surface area (Å²) < 4.78 is 2.22. The fourth-order valence-electron chi connectivity index (χ4n) is 2.44. The van der Waals surface area contributed by atoms with Crippen LogP contribution in [-0.2, 0) is 0 Å². The molecule has 0 spiro atoms. The largest absolute Gasteiger partial charge is 0.270 e. The van der Waals surface area contributed by atoms with Crippen molar-refractivity contribution in [3.05, 3.63) is 45.3 Å². The maximum absolute atomic E-state index is 11.0. The Kier molecular flexibility index (Phi) is 2.53. The molecule has 0 radical (unpaired) electrons. The predicted molar refractivity (Wildman–Crippen MR) is 78.0 cm³/mol. The van der Waals surface area contributed by atoms with E-state index in [1.165, 1.54) is 0 Å². The Labute approximate surface area is 113 Å². The van der Waals surface area contributed by atoms with Gasteiger partial charge in [-0.15, -0.1) is 11.3 Å². The average Bonchev–Trinajstić information content (AvgIpc) is 2.69. The van der Waals surface area contributed by atoms with Gasteiger partial charge in [-0.05, 0) is 32.4 Å². The molecule has 0 fully saturated rings. The maximum atomic E-state index is 11.0. The molecule has 0 saturated carbocycles. The minimum atomic E-state index is -0.336. The number of non-ortho nitro benzene ring substituents is 1. The lowest BCUT2D eigenvalue weighted by atomic mass is 10.1. The number of pyridine rings is 1. The van der Waals surface area contributed by atoms with Gasteiger partial charge < -0.3 is 0 Å². The Hall–Kier alpha value is -2.01. The van der Waals surface area contributed by atoms with Crippen molar-refractivity contribution in [2.24, 2.45) is 0 Å². The second kappa shape index (κ2) is 3.99. The van der Waals surface area contributed by atoms with E-state index in [0.29, 0.717) is 0 Å². The van der Waals surface area contributed by atoms with Crippen LogP contribution in [0.3, 0.4) is 0 Å². The molecule has 3 aromatic rings. The first-order valence-electron chi connectivity index (χ1n) is 5.93. The smallest absolute Gasteiger partial charge is 0.258 e. The highest BCUT2D eigenvalue weighted by Gasteiger charge is 2.15. The van der Waals surface area contributed by atoms with Crippen molar-refractivity contribution in [3.8, 4) is 0 Å². The maximum Gasteiger partial charge on any atom is 0.270 e. The highest BCUT2D eigenvalue weighted by molar-refractivity contribution is 7.26. The number of aromatic nitrogens is 1. The van der Waals surface area contributed by atoms with E-state index in [-0.39, 0.29) is 10.6 Å². The van der Waals surface area contributed by atoms with Crippen LogP contribution >= 0.6 is 11.3 Å². The van der Waals surface area contributed by atoms with E-state index < -0.39 is 0 Å². The highest BCUT2D eigenvalue weighted by Crippen LogP contribution is 2.39. The number of hydrogen-bond acceptors (Lipinski definition) is 4. The summed E-state index contributed by atoms with van der Waals surface area (Å²) in [5, 5.41) is 13.0. The Morgan fingerprint density at radius 3 is 2.47 bits per heavy atom. The number of nitrogens with zero attached hydrogens (tertiary/aromatic N) is 2. The van der Waals surface area contributed by atoms with Gasteiger partial charge in [0.15, 0.2) is 0 Å². The molecule has 0 aliphatic rings. The van der Waals surface area contributed by atoms with Gasteiger partial charge in [0.05, 0.1) is 15.3 Å². The second-order valence-corrected chi connectivity index (χ2v) is 5.74. The van der Waals surface area contributed by atoms with E-state index in [2.05, 4.69) is 4.98 Å². The van der Waals surface area contributed by atoms with Crippen molar-refractivity contribution in [1.82, 2.24) is 4.98 Å². The summed E-state index contributed by atoms with van der Waals surface area (Å²) in [6.07, 6.45) is 0. The van der Waals surface area contributed by atoms with Crippen LogP contribution in [0.15, 0.2) is 18.2 Å². The van der Waals surface area contributed by atoms with Gasteiger partial charge in [-0.1, -0.05) is 0 Å². The summed E-state index contributed by atoms with van der Waals surface area (Å²) in [4.78, 5) is 15.1. The summed E-state index contributed by atoms with van der Waals surface area (Å²) in [6, 6.07) is 5.30. The molecule has 0 aliphatic heterocycles. The van der Waals surface area contributed by atoms with Gasteiger partial charge >= 0.3 is 0 Å². The molecule has 2 heterocycles. The van der Waals surface area contributed by atoms with Crippen LogP contribution in [-0.4, -0.2) is 9.91 Å². The lowest BCUT2D eigenvalue weighted by Crippen LogP contribution is -1.88. The number of benzene rings is 1. The van der Waals surface area contributed by atoms with E-state index in [9.17, 15) is 10.1 Å². The molecule has 0 N–H and O–H groups in total. The molecular formula is C14H12N2O2S. The fraction of sp³-hybridized carbons (Fsp3) is 0.214. The highest BCUT2D eigenvalue weighted by atomic mass is 32.1. The molecule has 19 heavy (non-hydrogen) atoms. The molecule has 96 valence electrons. The molecule has 1 aromatic carbocycles. The van der Waals surface area contributed by atoms with Crippen LogP contribution in [0.4, 0.5) is 5.69 Å². The first kappa shape index (κ1) is 12.0. The molecule has 0 atom stereocenters. The summed E-state index contributed by atoms with van der Waals surface area (Å²) in [5.41, 5.74) is 3.02. The van der Waals surface area contributed by atoms with Gasteiger partial charge in [0.25, 0.3) is 5.69 Å². The zero-order valence-corrected chi connectivity index (χ0v) is 11.7. The van der Waals surface area contributed by atoms with Crippen LogP contribution in [0, 0.1) is 30.9 Å². The summed E-state index contributed by atoms with van der Waals surface area (Å²) >= 11 is 1.66. The van der Waals surface area contributed by atoms with Gasteiger partial charge in [-0.3, -0.25) is 15.1 Å². The molecule has 0 bridgehead atoms. The summed E-state index contributed by atoms with van der Waals surface area (Å²) in [6.45, 7) is 5.84. The molecule has 5 heteroatoms. The van der Waals surface area contributed by atoms with Gasteiger partial charge in [0, 0.05) is 33.3 Å². The number of hydrogen-bond donors (Lipinski definition) is 0. The van der Waals surface area contributed by atoms with E-state index in [1.54, 1.807) is 23.5 Å². The zero-order valence-electron chi connectivity index (χ0n) is 10.9. The molecule has 3 rings (SSSR count). The van der Waals surface area contributed by atoms with Crippen LogP contribution in [0.2, 0.25) is 0 Å².